The fourth-order valence-electron chi connectivity index (χ4n) is 1.65. The van der Waals surface area contributed by atoms with Gasteiger partial charge in [-0.05, 0) is 31.2 Å². The second-order valence-corrected chi connectivity index (χ2v) is 3.80. The highest BCUT2D eigenvalue weighted by Gasteiger charge is 2.15. The molecule has 1 aromatic carbocycles. The van der Waals surface area contributed by atoms with E-state index in [1.54, 1.807) is 25.1 Å². The molecule has 0 spiro atoms. The van der Waals surface area contributed by atoms with Crippen molar-refractivity contribution in [3.8, 4) is 0 Å². The topological polar surface area (TPSA) is 73.1 Å². The molecular formula is C13H10N2O3. The number of aromatic nitrogens is 1. The summed E-state index contributed by atoms with van der Waals surface area (Å²) in [4.78, 5) is 26.2. The van der Waals surface area contributed by atoms with Gasteiger partial charge in [-0.3, -0.25) is 19.9 Å². The van der Waals surface area contributed by atoms with Gasteiger partial charge in [0.25, 0.3) is 5.69 Å². The van der Waals surface area contributed by atoms with Crippen molar-refractivity contribution in [2.75, 3.05) is 0 Å². The maximum absolute atomic E-state index is 12.0. The fourth-order valence-corrected chi connectivity index (χ4v) is 1.65. The number of nitro benzene ring substituents is 1. The molecule has 1 heterocycles. The zero-order valence-corrected chi connectivity index (χ0v) is 9.66. The summed E-state index contributed by atoms with van der Waals surface area (Å²) >= 11 is 0. The lowest BCUT2D eigenvalue weighted by atomic mass is 10.0. The lowest BCUT2D eigenvalue weighted by molar-refractivity contribution is -0.385. The molecule has 0 fully saturated rings. The minimum absolute atomic E-state index is 0.00701. The molecule has 5 nitrogen and oxygen atoms in total. The third kappa shape index (κ3) is 2.24. The molecule has 18 heavy (non-hydrogen) atoms. The molecule has 0 N–H and O–H groups in total. The van der Waals surface area contributed by atoms with Crippen LogP contribution in [0.15, 0.2) is 42.6 Å². The van der Waals surface area contributed by atoms with Gasteiger partial charge in [0.2, 0.25) is 5.78 Å². The molecule has 5 heteroatoms. The maximum atomic E-state index is 12.0. The molecule has 0 aliphatic rings. The van der Waals surface area contributed by atoms with Crippen molar-refractivity contribution in [2.24, 2.45) is 0 Å². The zero-order chi connectivity index (χ0) is 13.1. The van der Waals surface area contributed by atoms with Crippen LogP contribution in [0.5, 0.6) is 0 Å². The smallest absolute Gasteiger partial charge is 0.272 e. The number of aryl methyl sites for hydroxylation is 1. The lowest BCUT2D eigenvalue weighted by Gasteiger charge is -2.02. The van der Waals surface area contributed by atoms with Crippen molar-refractivity contribution in [3.63, 3.8) is 0 Å². The van der Waals surface area contributed by atoms with Gasteiger partial charge in [0.05, 0.1) is 4.92 Å². The van der Waals surface area contributed by atoms with Crippen LogP contribution < -0.4 is 0 Å². The number of hydrogen-bond acceptors (Lipinski definition) is 4. The number of rotatable bonds is 3. The molecule has 0 amide bonds. The Morgan fingerprint density at radius 1 is 1.28 bits per heavy atom. The van der Waals surface area contributed by atoms with Crippen LogP contribution in [-0.4, -0.2) is 15.7 Å². The molecule has 2 rings (SSSR count). The molecule has 0 unspecified atom stereocenters. The molecule has 0 aliphatic carbocycles. The molecule has 0 saturated carbocycles. The summed E-state index contributed by atoms with van der Waals surface area (Å²) in [7, 11) is 0. The Hall–Kier alpha value is -2.56. The van der Waals surface area contributed by atoms with E-state index in [1.807, 2.05) is 0 Å². The summed E-state index contributed by atoms with van der Waals surface area (Å²) < 4.78 is 0. The van der Waals surface area contributed by atoms with Gasteiger partial charge in [-0.25, -0.2) is 0 Å². The van der Waals surface area contributed by atoms with E-state index >= 15 is 0 Å². The molecule has 1 aromatic heterocycles. The van der Waals surface area contributed by atoms with Crippen LogP contribution in [0.25, 0.3) is 0 Å². The SMILES string of the molecule is Cc1cc(C(=O)c2ccccn2)ccc1[N+](=O)[O-]. The second-order valence-electron chi connectivity index (χ2n) is 3.80. The van der Waals surface area contributed by atoms with Gasteiger partial charge in [-0.2, -0.15) is 0 Å². The second kappa shape index (κ2) is 4.75. The first kappa shape index (κ1) is 11.9. The van der Waals surface area contributed by atoms with Crippen LogP contribution in [0.3, 0.4) is 0 Å². The van der Waals surface area contributed by atoms with Gasteiger partial charge in [0, 0.05) is 23.4 Å². The van der Waals surface area contributed by atoms with Crippen LogP contribution in [0.2, 0.25) is 0 Å². The van der Waals surface area contributed by atoms with Gasteiger partial charge < -0.3 is 0 Å². The van der Waals surface area contributed by atoms with E-state index < -0.39 is 4.92 Å². The Kier molecular flexibility index (Phi) is 3.14. The first-order valence-electron chi connectivity index (χ1n) is 5.30. The van der Waals surface area contributed by atoms with Crippen LogP contribution in [0.4, 0.5) is 5.69 Å². The average Bonchev–Trinajstić information content (AvgIpc) is 2.38. The number of benzene rings is 1. The van der Waals surface area contributed by atoms with E-state index in [2.05, 4.69) is 4.98 Å². The summed E-state index contributed by atoms with van der Waals surface area (Å²) in [5.41, 5.74) is 1.19. The van der Waals surface area contributed by atoms with Crippen molar-refractivity contribution >= 4 is 11.5 Å². The Balaban J connectivity index is 2.39. The van der Waals surface area contributed by atoms with Gasteiger partial charge in [0.15, 0.2) is 0 Å². The highest BCUT2D eigenvalue weighted by Crippen LogP contribution is 2.20. The summed E-state index contributed by atoms with van der Waals surface area (Å²) in [5, 5.41) is 10.7. The largest absolute Gasteiger partial charge is 0.287 e. The van der Waals surface area contributed by atoms with Crippen LogP contribution in [0, 0.1) is 17.0 Å². The molecule has 0 atom stereocenters. The Labute approximate surface area is 103 Å². The van der Waals surface area contributed by atoms with Gasteiger partial charge in [-0.15, -0.1) is 0 Å². The lowest BCUT2D eigenvalue weighted by Crippen LogP contribution is -2.04. The Morgan fingerprint density at radius 2 is 2.06 bits per heavy atom. The number of nitrogens with zero attached hydrogens (tertiary/aromatic N) is 2. The first-order chi connectivity index (χ1) is 8.59. The summed E-state index contributed by atoms with van der Waals surface area (Å²) in [5.74, 6) is -0.242. The van der Waals surface area contributed by atoms with Gasteiger partial charge >= 0.3 is 0 Å². The Bertz CT molecular complexity index is 609. The van der Waals surface area contributed by atoms with Crippen LogP contribution in [-0.2, 0) is 0 Å². The van der Waals surface area contributed by atoms with Crippen molar-refractivity contribution in [1.29, 1.82) is 0 Å². The normalized spacial score (nSPS) is 10.1. The summed E-state index contributed by atoms with van der Waals surface area (Å²) in [6.45, 7) is 1.60. The molecule has 0 bridgehead atoms. The quantitative estimate of drug-likeness (QED) is 0.471. The maximum Gasteiger partial charge on any atom is 0.272 e. The fraction of sp³-hybridized carbons (Fsp3) is 0.0769. The van der Waals surface area contributed by atoms with E-state index in [-0.39, 0.29) is 11.5 Å². The van der Waals surface area contributed by atoms with Crippen molar-refractivity contribution < 1.29 is 9.72 Å². The average molecular weight is 242 g/mol. The zero-order valence-electron chi connectivity index (χ0n) is 9.66. The molecule has 0 aliphatic heterocycles. The number of hydrogen-bond donors (Lipinski definition) is 0. The number of carbonyl (C=O) groups is 1. The third-order valence-electron chi connectivity index (χ3n) is 2.55. The highest BCUT2D eigenvalue weighted by atomic mass is 16.6. The highest BCUT2D eigenvalue weighted by molar-refractivity contribution is 6.07. The van der Waals surface area contributed by atoms with Crippen LogP contribution in [0.1, 0.15) is 21.6 Å². The predicted molar refractivity (Wildman–Crippen MR) is 65.5 cm³/mol. The standard InChI is InChI=1S/C13H10N2O3/c1-9-8-10(5-6-12(9)15(17)18)13(16)11-4-2-3-7-14-11/h2-8H,1H3. The predicted octanol–water partition coefficient (Wildman–Crippen LogP) is 2.53. The van der Waals surface area contributed by atoms with Gasteiger partial charge in [-0.1, -0.05) is 6.07 Å². The van der Waals surface area contributed by atoms with Gasteiger partial charge in [0.1, 0.15) is 5.69 Å². The van der Waals surface area contributed by atoms with E-state index in [0.29, 0.717) is 16.8 Å². The molecule has 0 radical (unpaired) electrons. The summed E-state index contributed by atoms with van der Waals surface area (Å²) in [6.07, 6.45) is 1.53. The van der Waals surface area contributed by atoms with Crippen LogP contribution >= 0.6 is 0 Å². The van der Waals surface area contributed by atoms with E-state index in [4.69, 9.17) is 0 Å². The first-order valence-corrected chi connectivity index (χ1v) is 5.30. The molecule has 90 valence electrons. The van der Waals surface area contributed by atoms with Crippen molar-refractivity contribution in [3.05, 3.63) is 69.5 Å². The van der Waals surface area contributed by atoms with E-state index in [0.717, 1.165) is 0 Å². The monoisotopic (exact) mass is 242 g/mol. The third-order valence-corrected chi connectivity index (χ3v) is 2.55. The van der Waals surface area contributed by atoms with E-state index in [1.165, 1.54) is 24.4 Å². The number of nitro groups is 1. The minimum Gasteiger partial charge on any atom is -0.287 e. The summed E-state index contributed by atoms with van der Waals surface area (Å²) in [6, 6.07) is 9.35. The Morgan fingerprint density at radius 3 is 2.61 bits per heavy atom. The van der Waals surface area contributed by atoms with E-state index in [9.17, 15) is 14.9 Å². The number of pyridine rings is 1. The molecule has 0 saturated heterocycles. The van der Waals surface area contributed by atoms with Crippen molar-refractivity contribution in [1.82, 2.24) is 4.98 Å². The molecule has 2 aromatic rings. The number of carbonyl (C=O) groups excluding carboxylic acids is 1. The number of ketones is 1. The molecular weight excluding hydrogens is 232 g/mol. The van der Waals surface area contributed by atoms with Crippen molar-refractivity contribution in [2.45, 2.75) is 6.92 Å². The minimum atomic E-state index is -0.468.